The van der Waals surface area contributed by atoms with E-state index < -0.39 is 29.3 Å². The maximum atomic E-state index is 13.8. The molecule has 0 unspecified atom stereocenters. The van der Waals surface area contributed by atoms with E-state index in [0.29, 0.717) is 0 Å². The second kappa shape index (κ2) is 8.27. The van der Waals surface area contributed by atoms with E-state index in [0.717, 1.165) is 12.1 Å². The van der Waals surface area contributed by atoms with Crippen molar-refractivity contribution >= 4 is 29.3 Å². The largest absolute Gasteiger partial charge is 0.444 e. The number of hydrogen-bond donors (Lipinski definition) is 2. The smallest absolute Gasteiger partial charge is 0.412 e. The Hall–Kier alpha value is -2.90. The third-order valence-electron chi connectivity index (χ3n) is 2.82. The summed E-state index contributed by atoms with van der Waals surface area (Å²) in [5.74, 6) is -1.56. The van der Waals surface area contributed by atoms with E-state index in [9.17, 15) is 18.8 Å². The van der Waals surface area contributed by atoms with Crippen molar-refractivity contribution < 1.29 is 23.5 Å². The summed E-state index contributed by atoms with van der Waals surface area (Å²) in [6, 6.07) is 3.69. The molecule has 136 valence electrons. The summed E-state index contributed by atoms with van der Waals surface area (Å²) in [6.07, 6.45) is 0.278. The summed E-state index contributed by atoms with van der Waals surface area (Å²) in [6.45, 7) is 8.18. The Morgan fingerprint density at radius 1 is 1.28 bits per heavy atom. The van der Waals surface area contributed by atoms with Crippen LogP contribution >= 0.6 is 0 Å². The van der Waals surface area contributed by atoms with Crippen LogP contribution in [-0.4, -0.2) is 42.0 Å². The minimum atomic E-state index is -0.814. The average molecular weight is 351 g/mol. The molecule has 25 heavy (non-hydrogen) atoms. The molecule has 3 amide bonds. The first-order chi connectivity index (χ1) is 11.5. The molecule has 0 bridgehead atoms. The quantitative estimate of drug-likeness (QED) is 0.799. The van der Waals surface area contributed by atoms with Gasteiger partial charge in [-0.2, -0.15) is 0 Å². The Morgan fingerprint density at radius 2 is 1.92 bits per heavy atom. The normalized spacial score (nSPS) is 10.6. The molecule has 0 aliphatic heterocycles. The molecule has 0 heterocycles. The number of amides is 3. The lowest BCUT2D eigenvalue weighted by Gasteiger charge is -2.20. The lowest BCUT2D eigenvalue weighted by Crippen LogP contribution is -2.33. The van der Waals surface area contributed by atoms with Gasteiger partial charge in [0.1, 0.15) is 11.4 Å². The fraction of sp³-hybridized carbons (Fsp3) is 0.353. The Bertz CT molecular complexity index is 683. The van der Waals surface area contributed by atoms with Crippen LogP contribution in [0.25, 0.3) is 0 Å². The van der Waals surface area contributed by atoms with Gasteiger partial charge in [-0.3, -0.25) is 14.9 Å². The fourth-order valence-electron chi connectivity index (χ4n) is 1.76. The Labute approximate surface area is 145 Å². The summed E-state index contributed by atoms with van der Waals surface area (Å²) >= 11 is 0. The third-order valence-corrected chi connectivity index (χ3v) is 2.82. The number of halogens is 1. The lowest BCUT2D eigenvalue weighted by molar-refractivity contribution is -0.129. The van der Waals surface area contributed by atoms with Crippen LogP contribution in [-0.2, 0) is 14.3 Å². The SMILES string of the molecule is C=CC(=O)N(C)CC(=O)Nc1ccc(F)c(NC(=O)OC(C)(C)C)c1. The zero-order valence-electron chi connectivity index (χ0n) is 14.7. The van der Waals surface area contributed by atoms with Crippen LogP contribution < -0.4 is 10.6 Å². The first kappa shape index (κ1) is 20.1. The van der Waals surface area contributed by atoms with Gasteiger partial charge in [-0.25, -0.2) is 9.18 Å². The van der Waals surface area contributed by atoms with E-state index in [2.05, 4.69) is 17.2 Å². The zero-order chi connectivity index (χ0) is 19.2. The van der Waals surface area contributed by atoms with Gasteiger partial charge in [-0.1, -0.05) is 6.58 Å². The van der Waals surface area contributed by atoms with Crippen LogP contribution in [0.2, 0.25) is 0 Å². The van der Waals surface area contributed by atoms with Crippen LogP contribution in [0.5, 0.6) is 0 Å². The summed E-state index contributed by atoms with van der Waals surface area (Å²) in [4.78, 5) is 36.2. The monoisotopic (exact) mass is 351 g/mol. The lowest BCUT2D eigenvalue weighted by atomic mass is 10.2. The number of nitrogens with zero attached hydrogens (tertiary/aromatic N) is 1. The number of carbonyl (C=O) groups excluding carboxylic acids is 3. The number of carbonyl (C=O) groups is 3. The molecule has 0 saturated carbocycles. The highest BCUT2D eigenvalue weighted by Crippen LogP contribution is 2.20. The van der Waals surface area contributed by atoms with Crippen LogP contribution in [0.15, 0.2) is 30.9 Å². The number of ether oxygens (including phenoxy) is 1. The van der Waals surface area contributed by atoms with E-state index in [1.807, 2.05) is 0 Å². The maximum Gasteiger partial charge on any atom is 0.412 e. The van der Waals surface area contributed by atoms with Gasteiger partial charge in [-0.05, 0) is 45.0 Å². The molecule has 0 aliphatic carbocycles. The second-order valence-corrected chi connectivity index (χ2v) is 6.27. The Balaban J connectivity index is 2.77. The van der Waals surface area contributed by atoms with E-state index in [-0.39, 0.29) is 17.9 Å². The van der Waals surface area contributed by atoms with Crippen LogP contribution in [0.1, 0.15) is 20.8 Å². The molecule has 1 aromatic carbocycles. The number of rotatable bonds is 5. The summed E-state index contributed by atoms with van der Waals surface area (Å²) < 4.78 is 18.9. The van der Waals surface area contributed by atoms with Gasteiger partial charge in [0.05, 0.1) is 12.2 Å². The number of anilines is 2. The minimum absolute atomic E-state index is 0.137. The first-order valence-corrected chi connectivity index (χ1v) is 7.49. The topological polar surface area (TPSA) is 87.7 Å². The number of hydrogen-bond acceptors (Lipinski definition) is 4. The molecule has 2 N–H and O–H groups in total. The van der Waals surface area contributed by atoms with Crippen molar-refractivity contribution in [3.05, 3.63) is 36.7 Å². The molecule has 0 atom stereocenters. The van der Waals surface area contributed by atoms with Crippen LogP contribution in [0.3, 0.4) is 0 Å². The van der Waals surface area contributed by atoms with Gasteiger partial charge in [0.15, 0.2) is 0 Å². The van der Waals surface area contributed by atoms with E-state index in [1.54, 1.807) is 20.8 Å². The molecule has 0 aliphatic rings. The Kier molecular flexibility index (Phi) is 6.67. The van der Waals surface area contributed by atoms with Gasteiger partial charge in [0.2, 0.25) is 11.8 Å². The van der Waals surface area contributed by atoms with E-state index in [1.165, 1.54) is 24.1 Å². The van der Waals surface area contributed by atoms with Crippen molar-refractivity contribution in [1.82, 2.24) is 4.90 Å². The maximum absolute atomic E-state index is 13.8. The number of nitrogens with one attached hydrogen (secondary N) is 2. The second-order valence-electron chi connectivity index (χ2n) is 6.27. The van der Waals surface area contributed by atoms with Crippen LogP contribution in [0.4, 0.5) is 20.6 Å². The van der Waals surface area contributed by atoms with Gasteiger partial charge < -0.3 is 15.0 Å². The molecule has 0 spiro atoms. The molecule has 7 nitrogen and oxygen atoms in total. The fourth-order valence-corrected chi connectivity index (χ4v) is 1.76. The van der Waals surface area contributed by atoms with E-state index in [4.69, 9.17) is 4.74 Å². The number of benzene rings is 1. The van der Waals surface area contributed by atoms with Crippen molar-refractivity contribution in [2.45, 2.75) is 26.4 Å². The molecule has 1 rings (SSSR count). The van der Waals surface area contributed by atoms with Gasteiger partial charge >= 0.3 is 6.09 Å². The molecule has 1 aromatic rings. The highest BCUT2D eigenvalue weighted by molar-refractivity contribution is 5.97. The van der Waals surface area contributed by atoms with Crippen molar-refractivity contribution in [3.63, 3.8) is 0 Å². The highest BCUT2D eigenvalue weighted by Gasteiger charge is 2.18. The minimum Gasteiger partial charge on any atom is -0.444 e. The highest BCUT2D eigenvalue weighted by atomic mass is 19.1. The first-order valence-electron chi connectivity index (χ1n) is 7.49. The molecule has 0 fully saturated rings. The summed E-state index contributed by atoms with van der Waals surface area (Å²) in [5.41, 5.74) is -0.603. The third kappa shape index (κ3) is 7.03. The average Bonchev–Trinajstić information content (AvgIpc) is 2.47. The molecular weight excluding hydrogens is 329 g/mol. The predicted molar refractivity (Wildman–Crippen MR) is 92.7 cm³/mol. The molecule has 0 saturated heterocycles. The Morgan fingerprint density at radius 3 is 2.48 bits per heavy atom. The van der Waals surface area contributed by atoms with Gasteiger partial charge in [0.25, 0.3) is 0 Å². The van der Waals surface area contributed by atoms with Gasteiger partial charge in [-0.15, -0.1) is 0 Å². The number of likely N-dealkylation sites (N-methyl/N-ethyl adjacent to an activating group) is 1. The van der Waals surface area contributed by atoms with Crippen molar-refractivity contribution in [2.24, 2.45) is 0 Å². The summed E-state index contributed by atoms with van der Waals surface area (Å²) in [5, 5.41) is 4.80. The van der Waals surface area contributed by atoms with Crippen molar-refractivity contribution in [3.8, 4) is 0 Å². The standard InChI is InChI=1S/C17H22FN3O4/c1-6-15(23)21(5)10-14(22)19-11-7-8-12(18)13(9-11)20-16(24)25-17(2,3)4/h6-9H,1,10H2,2-5H3,(H,19,22)(H,20,24). The molecule has 0 radical (unpaired) electrons. The van der Waals surface area contributed by atoms with Crippen LogP contribution in [0, 0.1) is 5.82 Å². The zero-order valence-corrected chi connectivity index (χ0v) is 14.7. The van der Waals surface area contributed by atoms with Crippen molar-refractivity contribution in [2.75, 3.05) is 24.2 Å². The molecule has 0 aromatic heterocycles. The molecule has 8 heteroatoms. The molecular formula is C17H22FN3O4. The predicted octanol–water partition coefficient (Wildman–Crippen LogP) is 2.76. The summed E-state index contributed by atoms with van der Waals surface area (Å²) in [7, 11) is 1.45. The van der Waals surface area contributed by atoms with Crippen molar-refractivity contribution in [1.29, 1.82) is 0 Å². The van der Waals surface area contributed by atoms with Gasteiger partial charge in [0, 0.05) is 12.7 Å². The van der Waals surface area contributed by atoms with E-state index >= 15 is 0 Å².